The first kappa shape index (κ1) is 18.8. The number of rotatable bonds is 6. The number of nitrogens with one attached hydrogen (secondary N) is 1. The normalized spacial score (nSPS) is 20.4. The van der Waals surface area contributed by atoms with Gasteiger partial charge < -0.3 is 4.74 Å². The second kappa shape index (κ2) is 8.16. The van der Waals surface area contributed by atoms with Gasteiger partial charge in [-0.25, -0.2) is 13.1 Å². The van der Waals surface area contributed by atoms with Crippen molar-refractivity contribution in [1.82, 2.24) is 9.62 Å². The fourth-order valence-corrected chi connectivity index (χ4v) is 4.95. The first-order valence-corrected chi connectivity index (χ1v) is 10.9. The minimum atomic E-state index is -3.47. The maximum absolute atomic E-state index is 12.8. The van der Waals surface area contributed by atoms with Crippen LogP contribution in [0.4, 0.5) is 0 Å². The van der Waals surface area contributed by atoms with E-state index in [1.165, 1.54) is 17.5 Å². The average molecular weight is 367 g/mol. The molecule has 25 heavy (non-hydrogen) atoms. The summed E-state index contributed by atoms with van der Waals surface area (Å²) in [6, 6.07) is 5.81. The van der Waals surface area contributed by atoms with Gasteiger partial charge in [0.15, 0.2) is 0 Å². The molecule has 1 aliphatic carbocycles. The van der Waals surface area contributed by atoms with E-state index in [1.807, 2.05) is 12.1 Å². The quantitative estimate of drug-likeness (QED) is 0.839. The monoisotopic (exact) mass is 366 g/mol. The van der Waals surface area contributed by atoms with E-state index in [0.29, 0.717) is 17.4 Å². The zero-order valence-corrected chi connectivity index (χ0v) is 16.1. The molecular formula is C19H30N2O3S. The number of morpholine rings is 1. The Labute approximate surface area is 151 Å². The maximum Gasteiger partial charge on any atom is 0.240 e. The van der Waals surface area contributed by atoms with Crippen molar-refractivity contribution in [1.29, 1.82) is 0 Å². The van der Waals surface area contributed by atoms with Crippen molar-refractivity contribution >= 4 is 10.0 Å². The Morgan fingerprint density at radius 2 is 1.80 bits per heavy atom. The third-order valence-corrected chi connectivity index (χ3v) is 6.82. The van der Waals surface area contributed by atoms with Crippen molar-refractivity contribution in [3.05, 3.63) is 29.3 Å². The largest absolute Gasteiger partial charge is 0.379 e. The predicted molar refractivity (Wildman–Crippen MR) is 99.3 cm³/mol. The maximum atomic E-state index is 12.8. The molecule has 140 valence electrons. The first-order chi connectivity index (χ1) is 12.0. The van der Waals surface area contributed by atoms with Gasteiger partial charge in [0, 0.05) is 25.7 Å². The second-order valence-corrected chi connectivity index (χ2v) is 9.22. The fraction of sp³-hybridized carbons (Fsp3) is 0.684. The van der Waals surface area contributed by atoms with Gasteiger partial charge in [0.05, 0.1) is 18.1 Å². The summed E-state index contributed by atoms with van der Waals surface area (Å²) >= 11 is 0. The Morgan fingerprint density at radius 3 is 2.48 bits per heavy atom. The minimum Gasteiger partial charge on any atom is -0.379 e. The van der Waals surface area contributed by atoms with Crippen LogP contribution in [0.3, 0.4) is 0 Å². The lowest BCUT2D eigenvalue weighted by Gasteiger charge is -2.36. The van der Waals surface area contributed by atoms with Crippen molar-refractivity contribution in [2.24, 2.45) is 5.92 Å². The summed E-state index contributed by atoms with van der Waals surface area (Å²) in [7, 11) is -3.47. The van der Waals surface area contributed by atoms with Gasteiger partial charge in [-0.3, -0.25) is 4.90 Å². The van der Waals surface area contributed by atoms with Crippen LogP contribution in [0.1, 0.15) is 37.8 Å². The highest BCUT2D eigenvalue weighted by Gasteiger charge is 2.26. The molecule has 0 saturated carbocycles. The molecule has 0 unspecified atom stereocenters. The van der Waals surface area contributed by atoms with E-state index < -0.39 is 10.0 Å². The van der Waals surface area contributed by atoms with E-state index in [4.69, 9.17) is 4.74 Å². The molecule has 0 aromatic heterocycles. The Balaban J connectivity index is 1.69. The van der Waals surface area contributed by atoms with Crippen LogP contribution in [0.2, 0.25) is 0 Å². The molecule has 1 fully saturated rings. The molecule has 0 spiro atoms. The van der Waals surface area contributed by atoms with Crippen LogP contribution in [0.15, 0.2) is 23.1 Å². The van der Waals surface area contributed by atoms with Crippen molar-refractivity contribution in [2.75, 3.05) is 32.8 Å². The predicted octanol–water partition coefficient (Wildman–Crippen LogP) is 2.20. The molecule has 0 amide bonds. The van der Waals surface area contributed by atoms with Crippen LogP contribution in [0.5, 0.6) is 0 Å². The number of benzene rings is 1. The van der Waals surface area contributed by atoms with E-state index in [1.54, 1.807) is 6.07 Å². The Morgan fingerprint density at radius 1 is 1.12 bits per heavy atom. The van der Waals surface area contributed by atoms with Gasteiger partial charge in [-0.15, -0.1) is 0 Å². The molecule has 1 aromatic rings. The molecule has 2 aliphatic rings. The molecule has 5 nitrogen and oxygen atoms in total. The summed E-state index contributed by atoms with van der Waals surface area (Å²) in [4.78, 5) is 2.74. The average Bonchev–Trinajstić information content (AvgIpc) is 2.62. The molecule has 1 aliphatic heterocycles. The van der Waals surface area contributed by atoms with E-state index in [2.05, 4.69) is 23.5 Å². The number of aryl methyl sites for hydroxylation is 2. The van der Waals surface area contributed by atoms with Crippen molar-refractivity contribution < 1.29 is 13.2 Å². The third-order valence-electron chi connectivity index (χ3n) is 5.40. The van der Waals surface area contributed by atoms with Crippen LogP contribution in [-0.4, -0.2) is 52.2 Å². The highest BCUT2D eigenvalue weighted by Crippen LogP contribution is 2.24. The van der Waals surface area contributed by atoms with Gasteiger partial charge in [0.2, 0.25) is 10.0 Å². The van der Waals surface area contributed by atoms with E-state index >= 15 is 0 Å². The summed E-state index contributed by atoms with van der Waals surface area (Å²) < 4.78 is 33.8. The Bertz CT molecular complexity index is 682. The summed E-state index contributed by atoms with van der Waals surface area (Å²) in [5.41, 5.74) is 2.50. The van der Waals surface area contributed by atoms with Crippen molar-refractivity contribution in [3.63, 3.8) is 0 Å². The number of sulfonamides is 1. The number of hydrogen-bond donors (Lipinski definition) is 1. The summed E-state index contributed by atoms with van der Waals surface area (Å²) in [6.07, 6.45) is 4.40. The molecule has 1 saturated heterocycles. The minimum absolute atomic E-state index is 0.191. The van der Waals surface area contributed by atoms with Crippen molar-refractivity contribution in [2.45, 2.75) is 50.5 Å². The third kappa shape index (κ3) is 4.61. The number of nitrogens with zero attached hydrogens (tertiary/aromatic N) is 1. The van der Waals surface area contributed by atoms with E-state index in [9.17, 15) is 8.42 Å². The molecular weight excluding hydrogens is 336 g/mol. The van der Waals surface area contributed by atoms with Gasteiger partial charge in [-0.1, -0.05) is 19.9 Å². The molecule has 0 bridgehead atoms. The van der Waals surface area contributed by atoms with Gasteiger partial charge in [0.25, 0.3) is 0 Å². The van der Waals surface area contributed by atoms with Crippen LogP contribution in [0, 0.1) is 5.92 Å². The fourth-order valence-electron chi connectivity index (χ4n) is 3.85. The van der Waals surface area contributed by atoms with Crippen LogP contribution in [-0.2, 0) is 27.6 Å². The number of fused-ring (bicyclic) bond motifs is 1. The Kier molecular flexibility index (Phi) is 6.15. The van der Waals surface area contributed by atoms with Gasteiger partial charge in [-0.2, -0.15) is 0 Å². The van der Waals surface area contributed by atoms with Crippen molar-refractivity contribution in [3.8, 4) is 0 Å². The second-order valence-electron chi connectivity index (χ2n) is 7.45. The summed E-state index contributed by atoms with van der Waals surface area (Å²) in [6.45, 7) is 7.91. The standard InChI is InChI=1S/C19H30N2O3S/c1-15(2)19(21-9-11-24-12-10-21)14-20-25(22,23)18-8-7-16-5-3-4-6-17(16)13-18/h7-8,13,15,19-20H,3-6,9-12,14H2,1-2H3/t19-/m0/s1. The molecule has 1 heterocycles. The van der Waals surface area contributed by atoms with E-state index in [-0.39, 0.29) is 6.04 Å². The number of ether oxygens (including phenoxy) is 1. The number of hydrogen-bond acceptors (Lipinski definition) is 4. The Hall–Kier alpha value is -0.950. The topological polar surface area (TPSA) is 58.6 Å². The van der Waals surface area contributed by atoms with Crippen LogP contribution < -0.4 is 4.72 Å². The zero-order chi connectivity index (χ0) is 17.9. The summed E-state index contributed by atoms with van der Waals surface area (Å²) in [5.74, 6) is 0.379. The molecule has 6 heteroatoms. The summed E-state index contributed by atoms with van der Waals surface area (Å²) in [5, 5.41) is 0. The highest BCUT2D eigenvalue weighted by atomic mass is 32.2. The lowest BCUT2D eigenvalue weighted by molar-refractivity contribution is 0.00776. The molecule has 3 rings (SSSR count). The highest BCUT2D eigenvalue weighted by molar-refractivity contribution is 7.89. The van der Waals surface area contributed by atoms with E-state index in [0.717, 1.165) is 45.6 Å². The molecule has 1 atom stereocenters. The van der Waals surface area contributed by atoms with Gasteiger partial charge >= 0.3 is 0 Å². The lowest BCUT2D eigenvalue weighted by atomic mass is 9.92. The van der Waals surface area contributed by atoms with Gasteiger partial charge in [0.1, 0.15) is 0 Å². The SMILES string of the molecule is CC(C)[C@H](CNS(=O)(=O)c1ccc2c(c1)CCCC2)N1CCOCC1. The lowest BCUT2D eigenvalue weighted by Crippen LogP contribution is -2.51. The zero-order valence-electron chi connectivity index (χ0n) is 15.3. The van der Waals surface area contributed by atoms with Crippen LogP contribution in [0.25, 0.3) is 0 Å². The first-order valence-electron chi connectivity index (χ1n) is 9.40. The van der Waals surface area contributed by atoms with Gasteiger partial charge in [-0.05, 0) is 54.9 Å². The molecule has 0 radical (unpaired) electrons. The smallest absolute Gasteiger partial charge is 0.240 e. The molecule has 1 N–H and O–H groups in total. The van der Waals surface area contributed by atoms with Crippen LogP contribution >= 0.6 is 0 Å². The molecule has 1 aromatic carbocycles.